The summed E-state index contributed by atoms with van der Waals surface area (Å²) in [5, 5.41) is 9.02. The summed E-state index contributed by atoms with van der Waals surface area (Å²) < 4.78 is 37.1. The number of aryl methyl sites for hydroxylation is 2. The van der Waals surface area contributed by atoms with Gasteiger partial charge in [-0.15, -0.1) is 0 Å². The number of ether oxygens (including phenoxy) is 1. The Kier molecular flexibility index (Phi) is 12.3. The maximum atomic E-state index is 13.6. The molecule has 2 unspecified atom stereocenters. The Morgan fingerprint density at radius 2 is 1.63 bits per heavy atom. The number of imidazole rings is 1. The number of piperidine rings is 2. The molecule has 3 aromatic carbocycles. The number of nitrogens with one attached hydrogen (secondary N) is 4. The molecule has 356 valence electrons. The van der Waals surface area contributed by atoms with Crippen LogP contribution in [-0.2, 0) is 45.9 Å². The van der Waals surface area contributed by atoms with Gasteiger partial charge >= 0.3 is 5.69 Å². The van der Waals surface area contributed by atoms with Crippen molar-refractivity contribution in [2.45, 2.75) is 70.0 Å². The fraction of sp³-hybridized carbons (Fsp3) is 0.426. The molecule has 0 spiro atoms. The van der Waals surface area contributed by atoms with Crippen LogP contribution < -0.4 is 36.0 Å². The van der Waals surface area contributed by atoms with Gasteiger partial charge in [-0.05, 0) is 95.4 Å². The standard InChI is InChI=1S/C47H54BrN13O6S/c1-5-27-23-35(53-46-51-26-32(48)44(55-46)52-34-8-7-33-41(50-15-14-49-33)42(34)56-68(4,65)66)39(67-3)25-38(27)60-16-12-29(13-17-60)58-18-20-59(21-19-58)30-22-28-6-9-36-43(31(28)24-30)57(2)47(64)61(36)37-10-11-40(62)54-45(37)63/h6-9,14-15,23,25-26,29-30,37,56H,5,10-13,16-22,24H2,1-4H3,(H,54,62,63)(H2,51,52,53,55). The Balaban J connectivity index is 0.775. The third kappa shape index (κ3) is 8.75. The summed E-state index contributed by atoms with van der Waals surface area (Å²) in [4.78, 5) is 64.0. The van der Waals surface area contributed by atoms with Crippen LogP contribution in [0, 0.1) is 0 Å². The van der Waals surface area contributed by atoms with Crippen molar-refractivity contribution >= 4 is 94.4 Å². The number of hydrogen-bond acceptors (Lipinski definition) is 15. The van der Waals surface area contributed by atoms with Gasteiger partial charge < -0.3 is 20.3 Å². The van der Waals surface area contributed by atoms with Crippen molar-refractivity contribution in [3.8, 4) is 5.75 Å². The maximum Gasteiger partial charge on any atom is 0.329 e. The lowest BCUT2D eigenvalue weighted by Crippen LogP contribution is -2.55. The Morgan fingerprint density at radius 3 is 2.35 bits per heavy atom. The number of methoxy groups -OCH3 is 1. The highest BCUT2D eigenvalue weighted by atomic mass is 79.9. The van der Waals surface area contributed by atoms with E-state index in [-0.39, 0.29) is 23.7 Å². The molecule has 4 aliphatic rings. The van der Waals surface area contributed by atoms with Gasteiger partial charge in [0.15, 0.2) is 0 Å². The fourth-order valence-corrected chi connectivity index (χ4v) is 11.5. The highest BCUT2D eigenvalue weighted by Gasteiger charge is 2.36. The molecule has 3 aromatic heterocycles. The molecule has 4 N–H and O–H groups in total. The fourth-order valence-electron chi connectivity index (χ4n) is 10.7. The zero-order chi connectivity index (χ0) is 47.4. The van der Waals surface area contributed by atoms with Crippen LogP contribution in [0.3, 0.4) is 0 Å². The molecule has 3 fully saturated rings. The van der Waals surface area contributed by atoms with E-state index < -0.39 is 22.0 Å². The molecular formula is C47H54BrN13O6S. The summed E-state index contributed by atoms with van der Waals surface area (Å²) in [7, 11) is -0.208. The number of rotatable bonds is 12. The lowest BCUT2D eigenvalue weighted by molar-refractivity contribution is -0.135. The van der Waals surface area contributed by atoms with E-state index in [0.29, 0.717) is 57.2 Å². The average molecular weight is 1010 g/mol. The van der Waals surface area contributed by atoms with Crippen molar-refractivity contribution in [1.82, 2.24) is 44.2 Å². The number of hydrogen-bond donors (Lipinski definition) is 4. The molecule has 0 saturated carbocycles. The molecule has 3 aliphatic heterocycles. The van der Waals surface area contributed by atoms with Gasteiger partial charge in [-0.3, -0.25) is 48.5 Å². The number of aromatic nitrogens is 6. The van der Waals surface area contributed by atoms with E-state index in [2.05, 4.69) is 91.4 Å². The molecule has 2 amide bonds. The number of carbonyl (C=O) groups is 2. The maximum absolute atomic E-state index is 13.6. The van der Waals surface area contributed by atoms with Crippen molar-refractivity contribution in [3.05, 3.63) is 86.6 Å². The number of nitrogens with zero attached hydrogens (tertiary/aromatic N) is 9. The second-order valence-electron chi connectivity index (χ2n) is 18.1. The second kappa shape index (κ2) is 18.4. The quantitative estimate of drug-likeness (QED) is 0.119. The molecule has 0 bridgehead atoms. The molecular weight excluding hydrogens is 955 g/mol. The molecule has 3 saturated heterocycles. The largest absolute Gasteiger partial charge is 0.494 e. The lowest BCUT2D eigenvalue weighted by Gasteiger charge is -2.44. The summed E-state index contributed by atoms with van der Waals surface area (Å²) in [6.07, 6.45) is 11.0. The molecule has 10 rings (SSSR count). The van der Waals surface area contributed by atoms with Crippen molar-refractivity contribution in [2.75, 3.05) is 72.9 Å². The van der Waals surface area contributed by atoms with Crippen LogP contribution in [0.2, 0.25) is 0 Å². The number of anilines is 6. The average Bonchev–Trinajstić information content (AvgIpc) is 3.88. The van der Waals surface area contributed by atoms with Crippen LogP contribution in [0.15, 0.2) is 64.3 Å². The van der Waals surface area contributed by atoms with Gasteiger partial charge in [-0.1, -0.05) is 13.0 Å². The molecule has 21 heteroatoms. The van der Waals surface area contributed by atoms with Crippen LogP contribution in [0.25, 0.3) is 22.1 Å². The van der Waals surface area contributed by atoms with Crippen LogP contribution >= 0.6 is 15.9 Å². The summed E-state index contributed by atoms with van der Waals surface area (Å²) in [6, 6.07) is 12.0. The van der Waals surface area contributed by atoms with E-state index in [1.807, 2.05) is 6.07 Å². The minimum Gasteiger partial charge on any atom is -0.494 e. The van der Waals surface area contributed by atoms with Crippen molar-refractivity contribution in [2.24, 2.45) is 7.05 Å². The van der Waals surface area contributed by atoms with Crippen LogP contribution in [0.5, 0.6) is 5.75 Å². The first-order valence-electron chi connectivity index (χ1n) is 23.0. The molecule has 6 aromatic rings. The molecule has 19 nitrogen and oxygen atoms in total. The molecule has 6 heterocycles. The van der Waals surface area contributed by atoms with Crippen molar-refractivity contribution in [1.29, 1.82) is 0 Å². The van der Waals surface area contributed by atoms with E-state index in [4.69, 9.17) is 9.72 Å². The Bertz CT molecular complexity index is 3150. The minimum atomic E-state index is -3.65. The third-order valence-electron chi connectivity index (χ3n) is 14.0. The van der Waals surface area contributed by atoms with Gasteiger partial charge in [-0.25, -0.2) is 18.2 Å². The second-order valence-corrected chi connectivity index (χ2v) is 20.7. The highest BCUT2D eigenvalue weighted by Crippen LogP contribution is 2.39. The lowest BCUT2D eigenvalue weighted by atomic mass is 9.99. The number of piperazine rings is 1. The SMILES string of the molecule is CCc1cc(Nc2ncc(Br)c(Nc3ccc4nccnc4c3NS(C)(=O)=O)n2)c(OC)cc1N1CCC(N2CCN(C3Cc4ccc5c(c4C3)n(C)c(=O)n5C3CCC(=O)NC3=O)CC2)CC1. The van der Waals surface area contributed by atoms with Gasteiger partial charge in [0.05, 0.1) is 51.5 Å². The number of fused-ring (bicyclic) bond motifs is 4. The Labute approximate surface area is 401 Å². The van der Waals surface area contributed by atoms with E-state index in [1.165, 1.54) is 22.9 Å². The number of amides is 2. The van der Waals surface area contributed by atoms with E-state index >= 15 is 0 Å². The van der Waals surface area contributed by atoms with Gasteiger partial charge in [-0.2, -0.15) is 4.98 Å². The van der Waals surface area contributed by atoms with Crippen LogP contribution in [-0.4, -0.2) is 124 Å². The normalized spacial score (nSPS) is 19.6. The zero-order valence-corrected chi connectivity index (χ0v) is 40.8. The smallest absolute Gasteiger partial charge is 0.329 e. The van der Waals surface area contributed by atoms with Crippen molar-refractivity contribution in [3.63, 3.8) is 0 Å². The van der Waals surface area contributed by atoms with Gasteiger partial charge in [0, 0.05) is 95.2 Å². The van der Waals surface area contributed by atoms with Crippen LogP contribution in [0.4, 0.5) is 34.5 Å². The first-order chi connectivity index (χ1) is 32.8. The first-order valence-corrected chi connectivity index (χ1v) is 25.7. The summed E-state index contributed by atoms with van der Waals surface area (Å²) in [5.74, 6) is 0.667. The summed E-state index contributed by atoms with van der Waals surface area (Å²) in [5.41, 5.74) is 8.55. The number of carbonyl (C=O) groups excluding carboxylic acids is 2. The van der Waals surface area contributed by atoms with E-state index in [1.54, 1.807) is 47.8 Å². The Morgan fingerprint density at radius 1 is 0.882 bits per heavy atom. The summed E-state index contributed by atoms with van der Waals surface area (Å²) >= 11 is 3.55. The number of halogens is 1. The topological polar surface area (TPSA) is 214 Å². The van der Waals surface area contributed by atoms with Gasteiger partial charge in [0.1, 0.15) is 23.1 Å². The highest BCUT2D eigenvalue weighted by molar-refractivity contribution is 9.10. The third-order valence-corrected chi connectivity index (χ3v) is 15.2. The monoisotopic (exact) mass is 1010 g/mol. The predicted octanol–water partition coefficient (Wildman–Crippen LogP) is 5.00. The zero-order valence-electron chi connectivity index (χ0n) is 38.4. The number of sulfonamides is 1. The predicted molar refractivity (Wildman–Crippen MR) is 265 cm³/mol. The molecule has 0 radical (unpaired) electrons. The summed E-state index contributed by atoms with van der Waals surface area (Å²) in [6.45, 7) is 8.01. The van der Waals surface area contributed by atoms with E-state index in [0.717, 1.165) is 100 Å². The Hall–Kier alpha value is -6.16. The number of imide groups is 1. The first kappa shape index (κ1) is 45.6. The molecule has 1 aliphatic carbocycles. The van der Waals surface area contributed by atoms with Gasteiger partial charge in [0.25, 0.3) is 0 Å². The molecule has 68 heavy (non-hydrogen) atoms. The number of benzene rings is 3. The van der Waals surface area contributed by atoms with Crippen molar-refractivity contribution < 1.29 is 22.7 Å². The van der Waals surface area contributed by atoms with Gasteiger partial charge in [0.2, 0.25) is 27.8 Å². The minimum absolute atomic E-state index is 0.219. The molecule has 2 atom stereocenters. The van der Waals surface area contributed by atoms with E-state index in [9.17, 15) is 22.8 Å². The van der Waals surface area contributed by atoms with Crippen LogP contribution in [0.1, 0.15) is 55.3 Å².